The Labute approximate surface area is 135 Å². The maximum atomic E-state index is 11.7. The van der Waals surface area contributed by atoms with E-state index in [0.29, 0.717) is 17.9 Å². The van der Waals surface area contributed by atoms with Gasteiger partial charge in [0.15, 0.2) is 5.96 Å². The Balaban J connectivity index is 2.42. The molecule has 1 rings (SSSR count). The van der Waals surface area contributed by atoms with E-state index in [9.17, 15) is 4.79 Å². The van der Waals surface area contributed by atoms with Gasteiger partial charge in [-0.15, -0.1) is 0 Å². The maximum absolute atomic E-state index is 11.7. The van der Waals surface area contributed by atoms with Crippen LogP contribution in [0.3, 0.4) is 0 Å². The molecule has 1 unspecified atom stereocenters. The van der Waals surface area contributed by atoms with Crippen LogP contribution in [0.4, 0.5) is 0 Å². The van der Waals surface area contributed by atoms with Crippen molar-refractivity contribution in [2.45, 2.75) is 66.3 Å². The summed E-state index contributed by atoms with van der Waals surface area (Å²) in [5.41, 5.74) is 0.369. The van der Waals surface area contributed by atoms with E-state index in [0.717, 1.165) is 45.0 Å². The lowest BCUT2D eigenvalue weighted by atomic mass is 9.91. The highest BCUT2D eigenvalue weighted by Crippen LogP contribution is 2.20. The van der Waals surface area contributed by atoms with Crippen LogP contribution in [0.2, 0.25) is 0 Å². The van der Waals surface area contributed by atoms with Crippen molar-refractivity contribution < 1.29 is 4.79 Å². The lowest BCUT2D eigenvalue weighted by molar-refractivity contribution is -0.129. The van der Waals surface area contributed by atoms with Crippen LogP contribution in [-0.2, 0) is 4.79 Å². The average Bonchev–Trinajstić information content (AvgIpc) is 2.90. The summed E-state index contributed by atoms with van der Waals surface area (Å²) in [6.07, 6.45) is 3.87. The molecule has 22 heavy (non-hydrogen) atoms. The van der Waals surface area contributed by atoms with E-state index in [1.54, 1.807) is 0 Å². The van der Waals surface area contributed by atoms with E-state index in [1.807, 2.05) is 11.8 Å². The summed E-state index contributed by atoms with van der Waals surface area (Å²) in [5, 5.41) is 6.77. The van der Waals surface area contributed by atoms with Crippen molar-refractivity contribution in [3.05, 3.63) is 0 Å². The number of nitrogens with zero attached hydrogens (tertiary/aromatic N) is 2. The number of carbonyl (C=O) groups excluding carboxylic acids is 1. The van der Waals surface area contributed by atoms with Crippen molar-refractivity contribution in [3.8, 4) is 0 Å². The van der Waals surface area contributed by atoms with E-state index < -0.39 is 0 Å². The quantitative estimate of drug-likeness (QED) is 0.450. The van der Waals surface area contributed by atoms with E-state index in [4.69, 9.17) is 0 Å². The van der Waals surface area contributed by atoms with Crippen molar-refractivity contribution >= 4 is 11.9 Å². The Hall–Kier alpha value is -1.26. The second-order valence-electron chi connectivity index (χ2n) is 7.25. The molecule has 128 valence electrons. The van der Waals surface area contributed by atoms with Crippen LogP contribution in [0.15, 0.2) is 4.99 Å². The van der Waals surface area contributed by atoms with E-state index in [-0.39, 0.29) is 5.91 Å². The molecule has 0 aromatic carbocycles. The van der Waals surface area contributed by atoms with Crippen LogP contribution in [0.5, 0.6) is 0 Å². The van der Waals surface area contributed by atoms with E-state index in [1.165, 1.54) is 6.42 Å². The van der Waals surface area contributed by atoms with Crippen molar-refractivity contribution in [2.75, 3.05) is 26.2 Å². The van der Waals surface area contributed by atoms with Gasteiger partial charge >= 0.3 is 0 Å². The third-order valence-electron chi connectivity index (χ3n) is 3.88. The highest BCUT2D eigenvalue weighted by Gasteiger charge is 2.25. The number of aliphatic imine (C=N–C) groups is 1. The molecule has 1 atom stereocenters. The molecule has 1 heterocycles. The first kappa shape index (κ1) is 18.8. The number of hydrogen-bond acceptors (Lipinski definition) is 2. The topological polar surface area (TPSA) is 56.7 Å². The van der Waals surface area contributed by atoms with Gasteiger partial charge in [0.1, 0.15) is 0 Å². The minimum Gasteiger partial charge on any atom is -0.357 e. The van der Waals surface area contributed by atoms with Crippen molar-refractivity contribution in [1.29, 1.82) is 0 Å². The van der Waals surface area contributed by atoms with Crippen LogP contribution >= 0.6 is 0 Å². The van der Waals surface area contributed by atoms with Crippen LogP contribution < -0.4 is 10.6 Å². The molecule has 0 aromatic rings. The van der Waals surface area contributed by atoms with Crippen LogP contribution in [0, 0.1) is 5.41 Å². The molecule has 0 aromatic heterocycles. The SMILES string of the molecule is CCNC(=NCCCC(C)(C)C)NC1CCN(C(=O)CC)C1. The molecule has 5 nitrogen and oxygen atoms in total. The largest absolute Gasteiger partial charge is 0.357 e. The number of rotatable bonds is 6. The summed E-state index contributed by atoms with van der Waals surface area (Å²) in [5.74, 6) is 1.13. The monoisotopic (exact) mass is 310 g/mol. The lowest BCUT2D eigenvalue weighted by Gasteiger charge is -2.19. The second-order valence-corrected chi connectivity index (χ2v) is 7.25. The minimum absolute atomic E-state index is 0.247. The number of hydrogen-bond donors (Lipinski definition) is 2. The highest BCUT2D eigenvalue weighted by atomic mass is 16.2. The number of guanidine groups is 1. The number of nitrogens with one attached hydrogen (secondary N) is 2. The molecule has 1 amide bonds. The zero-order valence-electron chi connectivity index (χ0n) is 15.0. The van der Waals surface area contributed by atoms with Crippen LogP contribution in [0.25, 0.3) is 0 Å². The summed E-state index contributed by atoms with van der Waals surface area (Å²) in [7, 11) is 0. The predicted octanol–water partition coefficient (Wildman–Crippen LogP) is 2.38. The smallest absolute Gasteiger partial charge is 0.222 e. The summed E-state index contributed by atoms with van der Waals surface area (Å²) >= 11 is 0. The fourth-order valence-corrected chi connectivity index (χ4v) is 2.64. The second kappa shape index (κ2) is 9.01. The van der Waals surface area contributed by atoms with Gasteiger partial charge in [0.05, 0.1) is 0 Å². The number of likely N-dealkylation sites (tertiary alicyclic amines) is 1. The van der Waals surface area contributed by atoms with E-state index >= 15 is 0 Å². The third kappa shape index (κ3) is 7.14. The molecule has 5 heteroatoms. The molecule has 1 aliphatic rings. The third-order valence-corrected chi connectivity index (χ3v) is 3.88. The predicted molar refractivity (Wildman–Crippen MR) is 93.1 cm³/mol. The molecule has 0 radical (unpaired) electrons. The fraction of sp³-hybridized carbons (Fsp3) is 0.882. The first-order valence-electron chi connectivity index (χ1n) is 8.68. The van der Waals surface area contributed by atoms with Gasteiger partial charge in [0, 0.05) is 38.6 Å². The van der Waals surface area contributed by atoms with Gasteiger partial charge in [0.25, 0.3) is 0 Å². The molecule has 1 fully saturated rings. The molecule has 1 saturated heterocycles. The van der Waals surface area contributed by atoms with Crippen LogP contribution in [-0.4, -0.2) is 49.0 Å². The lowest BCUT2D eigenvalue weighted by Crippen LogP contribution is -2.45. The molecule has 0 bridgehead atoms. The van der Waals surface area contributed by atoms with Crippen LogP contribution in [0.1, 0.15) is 60.3 Å². The van der Waals surface area contributed by atoms with Gasteiger partial charge in [-0.3, -0.25) is 9.79 Å². The van der Waals surface area contributed by atoms with Gasteiger partial charge in [-0.25, -0.2) is 0 Å². The Morgan fingerprint density at radius 3 is 2.64 bits per heavy atom. The van der Waals surface area contributed by atoms with Gasteiger partial charge < -0.3 is 15.5 Å². The van der Waals surface area contributed by atoms with Crippen molar-refractivity contribution in [1.82, 2.24) is 15.5 Å². The van der Waals surface area contributed by atoms with Crippen molar-refractivity contribution in [2.24, 2.45) is 10.4 Å². The molecule has 0 aliphatic carbocycles. The Kier molecular flexibility index (Phi) is 7.69. The summed E-state index contributed by atoms with van der Waals surface area (Å²) in [6.45, 7) is 14.1. The summed E-state index contributed by atoms with van der Waals surface area (Å²) in [4.78, 5) is 18.3. The highest BCUT2D eigenvalue weighted by molar-refractivity contribution is 5.80. The molecule has 0 saturated carbocycles. The van der Waals surface area contributed by atoms with Gasteiger partial charge in [0.2, 0.25) is 5.91 Å². The van der Waals surface area contributed by atoms with Gasteiger partial charge in [-0.1, -0.05) is 27.7 Å². The van der Waals surface area contributed by atoms with Gasteiger partial charge in [-0.2, -0.15) is 0 Å². The summed E-state index contributed by atoms with van der Waals surface area (Å²) in [6, 6.07) is 0.316. The molecule has 0 spiro atoms. The molecular formula is C17H34N4O. The summed E-state index contributed by atoms with van der Waals surface area (Å²) < 4.78 is 0. The van der Waals surface area contributed by atoms with Crippen molar-refractivity contribution in [3.63, 3.8) is 0 Å². The average molecular weight is 310 g/mol. The number of amides is 1. The minimum atomic E-state index is 0.247. The van der Waals surface area contributed by atoms with Gasteiger partial charge in [-0.05, 0) is 31.6 Å². The Morgan fingerprint density at radius 1 is 1.32 bits per heavy atom. The molecule has 2 N–H and O–H groups in total. The first-order chi connectivity index (χ1) is 10.4. The fourth-order valence-electron chi connectivity index (χ4n) is 2.64. The Morgan fingerprint density at radius 2 is 2.05 bits per heavy atom. The number of carbonyl (C=O) groups is 1. The maximum Gasteiger partial charge on any atom is 0.222 e. The molecular weight excluding hydrogens is 276 g/mol. The standard InChI is InChI=1S/C17H34N4O/c1-6-15(22)21-12-9-14(13-21)20-16(18-7-2)19-11-8-10-17(3,4)5/h14H,6-13H2,1-5H3,(H2,18,19,20). The zero-order valence-corrected chi connectivity index (χ0v) is 15.0. The normalized spacial score (nSPS) is 19.4. The Bertz CT molecular complexity index is 373. The first-order valence-corrected chi connectivity index (χ1v) is 8.68. The molecule has 1 aliphatic heterocycles. The van der Waals surface area contributed by atoms with E-state index in [2.05, 4.69) is 43.3 Å². The zero-order chi connectivity index (χ0) is 16.6.